The Morgan fingerprint density at radius 2 is 1.60 bits per heavy atom. The third-order valence-corrected chi connectivity index (χ3v) is 7.19. The number of imidazole rings is 1. The maximum absolute atomic E-state index is 12.8. The van der Waals surface area contributed by atoms with Crippen LogP contribution < -0.4 is 21.7 Å². The van der Waals surface area contributed by atoms with Crippen molar-refractivity contribution in [3.63, 3.8) is 0 Å². The molecular formula is C35H32N8O2. The van der Waals surface area contributed by atoms with Crippen LogP contribution in [0.3, 0.4) is 0 Å². The molecule has 0 saturated heterocycles. The molecule has 0 unspecified atom stereocenters. The van der Waals surface area contributed by atoms with Crippen LogP contribution in [0.4, 0.5) is 17.3 Å². The summed E-state index contributed by atoms with van der Waals surface area (Å²) < 4.78 is 2.00. The summed E-state index contributed by atoms with van der Waals surface area (Å²) >= 11 is 0. The highest BCUT2D eigenvalue weighted by Crippen LogP contribution is 2.33. The first-order chi connectivity index (χ1) is 22.1. The average Bonchev–Trinajstić information content (AvgIpc) is 3.46. The summed E-state index contributed by atoms with van der Waals surface area (Å²) in [6.45, 7) is 0.511. The third kappa shape index (κ3) is 7.20. The highest BCUT2D eigenvalue weighted by molar-refractivity contribution is 5.93. The van der Waals surface area contributed by atoms with Crippen molar-refractivity contribution >= 4 is 34.8 Å². The number of aromatic nitrogens is 4. The van der Waals surface area contributed by atoms with Gasteiger partial charge in [-0.1, -0.05) is 60.7 Å². The lowest BCUT2D eigenvalue weighted by Gasteiger charge is -2.10. The summed E-state index contributed by atoms with van der Waals surface area (Å²) in [5, 5.41) is 9.09. The Bertz CT molecular complexity index is 1940. The van der Waals surface area contributed by atoms with Gasteiger partial charge in [-0.05, 0) is 60.0 Å². The molecule has 5 N–H and O–H groups in total. The van der Waals surface area contributed by atoms with Gasteiger partial charge in [-0.3, -0.25) is 14.0 Å². The second-order valence-electron chi connectivity index (χ2n) is 10.4. The molecule has 0 spiro atoms. The monoisotopic (exact) mass is 596 g/mol. The molecule has 6 rings (SSSR count). The van der Waals surface area contributed by atoms with Gasteiger partial charge in [-0.15, -0.1) is 0 Å². The van der Waals surface area contributed by atoms with Crippen LogP contribution in [0, 0.1) is 0 Å². The zero-order valence-corrected chi connectivity index (χ0v) is 24.5. The van der Waals surface area contributed by atoms with Gasteiger partial charge in [0.05, 0.1) is 30.0 Å². The van der Waals surface area contributed by atoms with Crippen molar-refractivity contribution in [2.45, 2.75) is 12.8 Å². The Hall–Kier alpha value is -5.87. The molecule has 10 nitrogen and oxygen atoms in total. The molecule has 2 amide bonds. The molecule has 3 aromatic carbocycles. The Balaban J connectivity index is 1.24. The summed E-state index contributed by atoms with van der Waals surface area (Å²) in [5.74, 6) is 0.179. The Labute approximate surface area is 260 Å². The van der Waals surface area contributed by atoms with Crippen LogP contribution in [0.25, 0.3) is 28.3 Å². The number of carbonyl (C=O) groups excluding carboxylic acids is 2. The van der Waals surface area contributed by atoms with Crippen LogP contribution in [0.2, 0.25) is 0 Å². The summed E-state index contributed by atoms with van der Waals surface area (Å²) in [6.07, 6.45) is 4.66. The van der Waals surface area contributed by atoms with E-state index in [0.29, 0.717) is 30.3 Å². The van der Waals surface area contributed by atoms with Crippen LogP contribution in [0.15, 0.2) is 116 Å². The number of amides is 2. The predicted molar refractivity (Wildman–Crippen MR) is 176 cm³/mol. The lowest BCUT2D eigenvalue weighted by molar-refractivity contribution is -0.119. The molecule has 224 valence electrons. The summed E-state index contributed by atoms with van der Waals surface area (Å²) in [4.78, 5) is 38.4. The van der Waals surface area contributed by atoms with E-state index in [4.69, 9.17) is 15.7 Å². The van der Waals surface area contributed by atoms with Crippen LogP contribution in [-0.2, 0) is 22.4 Å². The molecule has 10 heteroatoms. The van der Waals surface area contributed by atoms with Crippen molar-refractivity contribution in [2.75, 3.05) is 23.7 Å². The number of hydrogen-bond donors (Lipinski definition) is 4. The minimum Gasteiger partial charge on any atom is -0.355 e. The summed E-state index contributed by atoms with van der Waals surface area (Å²) in [5.41, 5.74) is 12.7. The molecule has 0 atom stereocenters. The van der Waals surface area contributed by atoms with Crippen molar-refractivity contribution in [2.24, 2.45) is 5.73 Å². The quantitative estimate of drug-likeness (QED) is 0.165. The van der Waals surface area contributed by atoms with Crippen LogP contribution in [0.5, 0.6) is 0 Å². The average molecular weight is 597 g/mol. The van der Waals surface area contributed by atoms with Gasteiger partial charge in [0.2, 0.25) is 17.8 Å². The zero-order valence-electron chi connectivity index (χ0n) is 24.5. The van der Waals surface area contributed by atoms with E-state index in [9.17, 15) is 9.59 Å². The molecular weight excluding hydrogens is 564 g/mol. The van der Waals surface area contributed by atoms with Crippen molar-refractivity contribution in [1.29, 1.82) is 0 Å². The van der Waals surface area contributed by atoms with E-state index in [1.807, 2.05) is 114 Å². The van der Waals surface area contributed by atoms with Gasteiger partial charge in [0.1, 0.15) is 5.65 Å². The van der Waals surface area contributed by atoms with Crippen molar-refractivity contribution in [3.05, 3.63) is 127 Å². The fourth-order valence-corrected chi connectivity index (χ4v) is 5.03. The maximum atomic E-state index is 12.8. The number of nitrogens with one attached hydrogen (secondary N) is 3. The van der Waals surface area contributed by atoms with Crippen molar-refractivity contribution in [1.82, 2.24) is 24.7 Å². The number of nitrogens with two attached hydrogens (primary N) is 1. The van der Waals surface area contributed by atoms with E-state index in [1.165, 1.54) is 0 Å². The highest BCUT2D eigenvalue weighted by atomic mass is 16.2. The van der Waals surface area contributed by atoms with Gasteiger partial charge < -0.3 is 21.7 Å². The Morgan fingerprint density at radius 1 is 0.778 bits per heavy atom. The van der Waals surface area contributed by atoms with Crippen LogP contribution >= 0.6 is 0 Å². The minimum absolute atomic E-state index is 0.0156. The maximum Gasteiger partial charge on any atom is 0.233 e. The summed E-state index contributed by atoms with van der Waals surface area (Å²) in [7, 11) is 0. The van der Waals surface area contributed by atoms with Gasteiger partial charge in [0.25, 0.3) is 0 Å². The minimum atomic E-state index is -0.169. The van der Waals surface area contributed by atoms with E-state index in [1.54, 1.807) is 6.20 Å². The largest absolute Gasteiger partial charge is 0.355 e. The van der Waals surface area contributed by atoms with Gasteiger partial charge in [-0.25, -0.2) is 15.0 Å². The Morgan fingerprint density at radius 3 is 2.42 bits per heavy atom. The molecule has 6 aromatic rings. The fourth-order valence-electron chi connectivity index (χ4n) is 5.03. The second kappa shape index (κ2) is 13.6. The molecule has 0 aliphatic heterocycles. The molecule has 3 heterocycles. The number of carbonyl (C=O) groups is 2. The molecule has 0 saturated carbocycles. The van der Waals surface area contributed by atoms with E-state index in [0.717, 1.165) is 39.4 Å². The normalized spacial score (nSPS) is 10.9. The molecule has 0 bridgehead atoms. The molecule has 45 heavy (non-hydrogen) atoms. The zero-order chi connectivity index (χ0) is 31.0. The molecule has 0 aliphatic rings. The number of nitrogens with zero attached hydrogens (tertiary/aromatic N) is 4. The molecule has 3 aromatic heterocycles. The number of benzene rings is 3. The Kier molecular flexibility index (Phi) is 8.84. The van der Waals surface area contributed by atoms with Gasteiger partial charge in [0, 0.05) is 35.9 Å². The first kappa shape index (κ1) is 29.2. The number of anilines is 3. The molecule has 0 fully saturated rings. The topological polar surface area (TPSA) is 139 Å². The van der Waals surface area contributed by atoms with Crippen LogP contribution in [-0.4, -0.2) is 44.3 Å². The number of fused-ring (bicyclic) bond motifs is 1. The van der Waals surface area contributed by atoms with E-state index in [-0.39, 0.29) is 24.8 Å². The van der Waals surface area contributed by atoms with Gasteiger partial charge >= 0.3 is 0 Å². The highest BCUT2D eigenvalue weighted by Gasteiger charge is 2.18. The summed E-state index contributed by atoms with van der Waals surface area (Å²) in [6, 6.07) is 32.9. The predicted octanol–water partition coefficient (Wildman–Crippen LogP) is 5.00. The number of rotatable bonds is 11. The van der Waals surface area contributed by atoms with E-state index in [2.05, 4.69) is 20.9 Å². The number of pyridine rings is 1. The van der Waals surface area contributed by atoms with Crippen molar-refractivity contribution < 1.29 is 9.59 Å². The van der Waals surface area contributed by atoms with E-state index < -0.39 is 0 Å². The van der Waals surface area contributed by atoms with Gasteiger partial charge in [-0.2, -0.15) is 0 Å². The van der Waals surface area contributed by atoms with Gasteiger partial charge in [0.15, 0.2) is 0 Å². The third-order valence-electron chi connectivity index (χ3n) is 7.19. The van der Waals surface area contributed by atoms with Crippen molar-refractivity contribution in [3.8, 4) is 22.6 Å². The molecule has 0 aliphatic carbocycles. The first-order valence-corrected chi connectivity index (χ1v) is 14.6. The molecule has 0 radical (unpaired) electrons. The van der Waals surface area contributed by atoms with Crippen LogP contribution in [0.1, 0.15) is 11.1 Å². The smallest absolute Gasteiger partial charge is 0.233 e. The lowest BCUT2D eigenvalue weighted by atomic mass is 10.1. The van der Waals surface area contributed by atoms with E-state index >= 15 is 0 Å². The first-order valence-electron chi connectivity index (χ1n) is 14.6. The number of hydrogen-bond acceptors (Lipinski definition) is 7. The SMILES string of the molecule is NCC(=O)NCCc1ccc(Nc2nccc(-c3c(-c4cccc(NC(=O)Cc5ccccc5)c4)nc4ccccn34)n2)cc1. The fraction of sp³-hybridized carbons (Fsp3) is 0.114. The standard InChI is InChI=1S/C35H32N8O2/c36-23-32(45)37-18-16-24-12-14-27(15-13-24)40-35-38-19-17-29(41-35)34-33(42-30-11-4-5-20-43(30)34)26-9-6-10-28(22-26)39-31(44)21-25-7-2-1-3-8-25/h1-15,17,19-20,22H,16,18,21,23,36H2,(H,37,45)(H,39,44)(H,38,40,41). The second-order valence-corrected chi connectivity index (χ2v) is 10.4. The lowest BCUT2D eigenvalue weighted by Crippen LogP contribution is -2.31.